The zero-order chi connectivity index (χ0) is 20.9. The maximum absolute atomic E-state index is 12.3. The first-order valence-electron chi connectivity index (χ1n) is 9.49. The highest BCUT2D eigenvalue weighted by Gasteiger charge is 2.08. The van der Waals surface area contributed by atoms with Crippen LogP contribution in [-0.2, 0) is 13.0 Å². The lowest BCUT2D eigenvalue weighted by Crippen LogP contribution is -2.25. The zero-order valence-corrected chi connectivity index (χ0v) is 17.2. The average molecular weight is 420 g/mol. The van der Waals surface area contributed by atoms with Crippen LogP contribution >= 0.6 is 11.3 Å². The average Bonchev–Trinajstić information content (AvgIpc) is 3.17. The van der Waals surface area contributed by atoms with E-state index in [2.05, 4.69) is 20.5 Å². The van der Waals surface area contributed by atoms with Crippen LogP contribution in [0.25, 0.3) is 10.9 Å². The first-order chi connectivity index (χ1) is 14.6. The third-order valence-corrected chi connectivity index (χ3v) is 5.33. The zero-order valence-electron chi connectivity index (χ0n) is 16.3. The Bertz CT molecular complexity index is 1230. The molecule has 0 fully saturated rings. The summed E-state index contributed by atoms with van der Waals surface area (Å²) in [5.41, 5.74) is 3.34. The second-order valence-corrected chi connectivity index (χ2v) is 7.82. The van der Waals surface area contributed by atoms with Crippen LogP contribution in [0.5, 0.6) is 5.75 Å². The lowest BCUT2D eigenvalue weighted by Gasteiger charge is -2.11. The number of amides is 1. The van der Waals surface area contributed by atoms with Gasteiger partial charge in [0.15, 0.2) is 0 Å². The summed E-state index contributed by atoms with van der Waals surface area (Å²) in [6, 6.07) is 17.1. The molecule has 0 radical (unpaired) electrons. The Labute approximate surface area is 176 Å². The van der Waals surface area contributed by atoms with E-state index in [1.807, 2.05) is 49.4 Å². The van der Waals surface area contributed by atoms with Crippen molar-refractivity contribution in [2.45, 2.75) is 20.0 Å². The summed E-state index contributed by atoms with van der Waals surface area (Å²) in [4.78, 5) is 27.7. The van der Waals surface area contributed by atoms with Gasteiger partial charge in [0.1, 0.15) is 17.4 Å². The number of hydrogen-bond donors (Lipinski definition) is 2. The van der Waals surface area contributed by atoms with E-state index in [0.29, 0.717) is 30.1 Å². The molecule has 0 aliphatic carbocycles. The van der Waals surface area contributed by atoms with Crippen molar-refractivity contribution in [1.82, 2.24) is 20.5 Å². The minimum Gasteiger partial charge on any atom is -0.488 e. The van der Waals surface area contributed by atoms with Gasteiger partial charge in [0, 0.05) is 35.7 Å². The second kappa shape index (κ2) is 8.87. The van der Waals surface area contributed by atoms with E-state index in [9.17, 15) is 9.59 Å². The molecule has 152 valence electrons. The molecule has 2 aromatic carbocycles. The standard InChI is InChI=1S/C22H20N4O3S/c1-14-12-19(17-4-2-3-5-18(17)24-14)29-13-15-6-8-16(9-7-15)21(27)23-11-10-20-25-26-22(28)30-20/h2-9,12H,10-11,13H2,1H3,(H,23,27)(H,26,28). The predicted octanol–water partition coefficient (Wildman–Crippen LogP) is 3.24. The van der Waals surface area contributed by atoms with Crippen molar-refractivity contribution in [3.05, 3.63) is 86.1 Å². The fourth-order valence-electron chi connectivity index (χ4n) is 3.05. The summed E-state index contributed by atoms with van der Waals surface area (Å²) in [5.74, 6) is 0.627. The molecule has 2 heterocycles. The molecule has 2 aromatic heterocycles. The highest BCUT2D eigenvalue weighted by atomic mass is 32.1. The molecule has 2 N–H and O–H groups in total. The van der Waals surface area contributed by atoms with Crippen molar-refractivity contribution in [3.63, 3.8) is 0 Å². The highest BCUT2D eigenvalue weighted by Crippen LogP contribution is 2.26. The van der Waals surface area contributed by atoms with Crippen LogP contribution in [0.15, 0.2) is 59.4 Å². The molecule has 0 bridgehead atoms. The smallest absolute Gasteiger partial charge is 0.322 e. The number of ether oxygens (including phenoxy) is 1. The molecule has 1 amide bonds. The lowest BCUT2D eigenvalue weighted by molar-refractivity contribution is 0.0954. The minimum absolute atomic E-state index is 0.166. The number of aromatic amines is 1. The third kappa shape index (κ3) is 4.72. The maximum atomic E-state index is 12.3. The van der Waals surface area contributed by atoms with Gasteiger partial charge in [0.25, 0.3) is 5.91 Å². The summed E-state index contributed by atoms with van der Waals surface area (Å²) in [6.45, 7) is 2.76. The van der Waals surface area contributed by atoms with Gasteiger partial charge in [-0.15, -0.1) is 0 Å². The van der Waals surface area contributed by atoms with Gasteiger partial charge in [-0.3, -0.25) is 14.6 Å². The largest absolute Gasteiger partial charge is 0.488 e. The van der Waals surface area contributed by atoms with E-state index in [0.717, 1.165) is 39.2 Å². The fourth-order valence-corrected chi connectivity index (χ4v) is 3.66. The van der Waals surface area contributed by atoms with E-state index in [1.54, 1.807) is 12.1 Å². The number of nitrogens with zero attached hydrogens (tertiary/aromatic N) is 2. The van der Waals surface area contributed by atoms with E-state index >= 15 is 0 Å². The van der Waals surface area contributed by atoms with Crippen LogP contribution in [-0.4, -0.2) is 27.6 Å². The molecule has 4 aromatic rings. The van der Waals surface area contributed by atoms with Gasteiger partial charge in [-0.05, 0) is 36.8 Å². The van der Waals surface area contributed by atoms with Crippen molar-refractivity contribution in [2.75, 3.05) is 6.54 Å². The van der Waals surface area contributed by atoms with E-state index in [-0.39, 0.29) is 10.8 Å². The van der Waals surface area contributed by atoms with Gasteiger partial charge < -0.3 is 10.1 Å². The van der Waals surface area contributed by atoms with Crippen LogP contribution in [0.4, 0.5) is 0 Å². The number of aryl methyl sites for hydroxylation is 1. The van der Waals surface area contributed by atoms with Gasteiger partial charge in [-0.2, -0.15) is 5.10 Å². The normalized spacial score (nSPS) is 10.8. The number of aromatic nitrogens is 3. The van der Waals surface area contributed by atoms with Crippen LogP contribution in [0.2, 0.25) is 0 Å². The monoisotopic (exact) mass is 420 g/mol. The van der Waals surface area contributed by atoms with Gasteiger partial charge >= 0.3 is 4.87 Å². The van der Waals surface area contributed by atoms with E-state index in [4.69, 9.17) is 4.74 Å². The van der Waals surface area contributed by atoms with Gasteiger partial charge in [-0.1, -0.05) is 35.6 Å². The van der Waals surface area contributed by atoms with Crippen LogP contribution in [0.3, 0.4) is 0 Å². The summed E-state index contributed by atoms with van der Waals surface area (Å²) in [6.07, 6.45) is 0.514. The second-order valence-electron chi connectivity index (χ2n) is 6.78. The van der Waals surface area contributed by atoms with Crippen molar-refractivity contribution < 1.29 is 9.53 Å². The number of rotatable bonds is 7. The van der Waals surface area contributed by atoms with Crippen molar-refractivity contribution >= 4 is 28.1 Å². The molecule has 8 heteroatoms. The molecule has 0 aliphatic heterocycles. The number of hydrogen-bond acceptors (Lipinski definition) is 6. The first kappa shape index (κ1) is 19.8. The van der Waals surface area contributed by atoms with Crippen LogP contribution < -0.4 is 14.9 Å². The number of H-pyrrole nitrogens is 1. The number of fused-ring (bicyclic) bond motifs is 1. The fraction of sp³-hybridized carbons (Fsp3) is 0.182. The molecule has 30 heavy (non-hydrogen) atoms. The Kier molecular flexibility index (Phi) is 5.85. The SMILES string of the molecule is Cc1cc(OCc2ccc(C(=O)NCCc3n[nH]c(=O)s3)cc2)c2ccccc2n1. The summed E-state index contributed by atoms with van der Waals surface area (Å²) in [7, 11) is 0. The molecule has 0 unspecified atom stereocenters. The molecule has 0 atom stereocenters. The molecule has 0 saturated carbocycles. The van der Waals surface area contributed by atoms with Gasteiger partial charge in [0.2, 0.25) is 0 Å². The molecular formula is C22H20N4O3S. The molecule has 0 saturated heterocycles. The Morgan fingerprint density at radius 2 is 1.97 bits per heavy atom. The molecular weight excluding hydrogens is 400 g/mol. The van der Waals surface area contributed by atoms with E-state index in [1.165, 1.54) is 0 Å². The molecule has 0 aliphatic rings. The Hall–Kier alpha value is -3.52. The van der Waals surface area contributed by atoms with Crippen molar-refractivity contribution in [3.8, 4) is 5.75 Å². The molecule has 0 spiro atoms. The topological polar surface area (TPSA) is 97.0 Å². The molecule has 7 nitrogen and oxygen atoms in total. The van der Waals surface area contributed by atoms with Crippen molar-refractivity contribution in [1.29, 1.82) is 0 Å². The number of carbonyl (C=O) groups is 1. The van der Waals surface area contributed by atoms with Gasteiger partial charge in [-0.25, -0.2) is 5.10 Å². The Balaban J connectivity index is 1.34. The Morgan fingerprint density at radius 3 is 2.73 bits per heavy atom. The predicted molar refractivity (Wildman–Crippen MR) is 116 cm³/mol. The maximum Gasteiger partial charge on any atom is 0.322 e. The lowest BCUT2D eigenvalue weighted by atomic mass is 10.1. The summed E-state index contributed by atoms with van der Waals surface area (Å²) >= 11 is 1.05. The highest BCUT2D eigenvalue weighted by molar-refractivity contribution is 7.08. The van der Waals surface area contributed by atoms with Crippen LogP contribution in [0, 0.1) is 6.92 Å². The Morgan fingerprint density at radius 1 is 1.17 bits per heavy atom. The summed E-state index contributed by atoms with van der Waals surface area (Å²) < 4.78 is 6.03. The first-order valence-corrected chi connectivity index (χ1v) is 10.3. The third-order valence-electron chi connectivity index (χ3n) is 4.52. The number of para-hydroxylation sites is 1. The number of carbonyl (C=O) groups excluding carboxylic acids is 1. The molecule has 4 rings (SSSR count). The number of nitrogens with one attached hydrogen (secondary N) is 2. The number of benzene rings is 2. The van der Waals surface area contributed by atoms with Gasteiger partial charge in [0.05, 0.1) is 5.52 Å². The minimum atomic E-state index is -0.191. The number of pyridine rings is 1. The van der Waals surface area contributed by atoms with Crippen molar-refractivity contribution in [2.24, 2.45) is 0 Å². The quantitative estimate of drug-likeness (QED) is 0.478. The van der Waals surface area contributed by atoms with E-state index < -0.39 is 0 Å². The van der Waals surface area contributed by atoms with Crippen LogP contribution in [0.1, 0.15) is 26.6 Å². The summed E-state index contributed by atoms with van der Waals surface area (Å²) in [5, 5.41) is 10.7.